The van der Waals surface area contributed by atoms with E-state index < -0.39 is 0 Å². The van der Waals surface area contributed by atoms with Crippen LogP contribution in [-0.4, -0.2) is 32.1 Å². The average molecular weight is 271 g/mol. The zero-order chi connectivity index (χ0) is 13.9. The van der Waals surface area contributed by atoms with Crippen LogP contribution in [0.15, 0.2) is 36.8 Å². The number of hydrogen-bond acceptors (Lipinski definition) is 4. The Bertz CT molecular complexity index is 595. The fraction of sp³-hybridized carbons (Fsp3) is 0.357. The van der Waals surface area contributed by atoms with Crippen LogP contribution < -0.4 is 5.73 Å². The molecule has 6 nitrogen and oxygen atoms in total. The molecular formula is C14H17N5O. The molecule has 104 valence electrons. The molecule has 0 aromatic carbocycles. The van der Waals surface area contributed by atoms with Crippen molar-refractivity contribution in [2.24, 2.45) is 0 Å². The SMILES string of the molecule is Nc1ccn(CC(=O)N2CCCC2c2ccncc2)n1. The summed E-state index contributed by atoms with van der Waals surface area (Å²) in [6.07, 6.45) is 7.29. The molecule has 0 aliphatic carbocycles. The smallest absolute Gasteiger partial charge is 0.244 e. The maximum absolute atomic E-state index is 12.4. The summed E-state index contributed by atoms with van der Waals surface area (Å²) in [5.41, 5.74) is 6.71. The van der Waals surface area contributed by atoms with E-state index in [0.717, 1.165) is 24.9 Å². The highest BCUT2D eigenvalue weighted by atomic mass is 16.2. The van der Waals surface area contributed by atoms with E-state index in [4.69, 9.17) is 5.73 Å². The van der Waals surface area contributed by atoms with Crippen molar-refractivity contribution in [3.05, 3.63) is 42.4 Å². The first kappa shape index (κ1) is 12.7. The van der Waals surface area contributed by atoms with Gasteiger partial charge in [0.15, 0.2) is 0 Å². The van der Waals surface area contributed by atoms with Crippen LogP contribution in [0, 0.1) is 0 Å². The summed E-state index contributed by atoms with van der Waals surface area (Å²) < 4.78 is 1.58. The number of carbonyl (C=O) groups is 1. The number of nitrogen functional groups attached to an aromatic ring is 1. The molecule has 0 spiro atoms. The van der Waals surface area contributed by atoms with Crippen LogP contribution in [0.2, 0.25) is 0 Å². The molecule has 2 N–H and O–H groups in total. The number of aromatic nitrogens is 3. The quantitative estimate of drug-likeness (QED) is 0.910. The molecule has 3 rings (SSSR count). The van der Waals surface area contributed by atoms with Gasteiger partial charge in [-0.3, -0.25) is 14.5 Å². The highest BCUT2D eigenvalue weighted by molar-refractivity contribution is 5.76. The molecule has 3 heterocycles. The number of nitrogens with zero attached hydrogens (tertiary/aromatic N) is 4. The third-order valence-electron chi connectivity index (χ3n) is 3.62. The van der Waals surface area contributed by atoms with Crippen molar-refractivity contribution in [2.45, 2.75) is 25.4 Å². The lowest BCUT2D eigenvalue weighted by atomic mass is 10.1. The van der Waals surface area contributed by atoms with Gasteiger partial charge in [-0.05, 0) is 36.6 Å². The summed E-state index contributed by atoms with van der Waals surface area (Å²) in [6.45, 7) is 1.03. The number of anilines is 1. The molecule has 1 amide bonds. The van der Waals surface area contributed by atoms with Crippen LogP contribution in [0.3, 0.4) is 0 Å². The van der Waals surface area contributed by atoms with E-state index in [9.17, 15) is 4.79 Å². The van der Waals surface area contributed by atoms with E-state index >= 15 is 0 Å². The number of pyridine rings is 1. The predicted molar refractivity (Wildman–Crippen MR) is 74.6 cm³/mol. The van der Waals surface area contributed by atoms with Gasteiger partial charge < -0.3 is 10.6 Å². The Morgan fingerprint density at radius 1 is 1.35 bits per heavy atom. The highest BCUT2D eigenvalue weighted by Crippen LogP contribution is 2.31. The molecule has 2 aromatic heterocycles. The summed E-state index contributed by atoms with van der Waals surface area (Å²) in [4.78, 5) is 18.4. The van der Waals surface area contributed by atoms with Crippen LogP contribution in [0.25, 0.3) is 0 Å². The van der Waals surface area contributed by atoms with Gasteiger partial charge in [-0.2, -0.15) is 5.10 Å². The first-order valence-electron chi connectivity index (χ1n) is 6.72. The van der Waals surface area contributed by atoms with Crippen molar-refractivity contribution in [3.8, 4) is 0 Å². The van der Waals surface area contributed by atoms with Crippen molar-refractivity contribution >= 4 is 11.7 Å². The molecule has 2 aromatic rings. The summed E-state index contributed by atoms with van der Waals surface area (Å²) in [6, 6.07) is 5.79. The van der Waals surface area contributed by atoms with E-state index in [0.29, 0.717) is 5.82 Å². The van der Waals surface area contributed by atoms with E-state index in [-0.39, 0.29) is 18.5 Å². The van der Waals surface area contributed by atoms with Gasteiger partial charge in [-0.1, -0.05) is 0 Å². The van der Waals surface area contributed by atoms with E-state index in [1.807, 2.05) is 17.0 Å². The summed E-state index contributed by atoms with van der Waals surface area (Å²) in [5.74, 6) is 0.511. The molecule has 20 heavy (non-hydrogen) atoms. The molecule has 1 aliphatic heterocycles. The molecule has 0 saturated carbocycles. The third kappa shape index (κ3) is 2.49. The number of rotatable bonds is 3. The van der Waals surface area contributed by atoms with Gasteiger partial charge in [0.05, 0.1) is 6.04 Å². The second-order valence-electron chi connectivity index (χ2n) is 4.96. The van der Waals surface area contributed by atoms with Crippen LogP contribution in [0.5, 0.6) is 0 Å². The molecule has 1 aliphatic rings. The van der Waals surface area contributed by atoms with Gasteiger partial charge in [0, 0.05) is 25.1 Å². The minimum Gasteiger partial charge on any atom is -0.382 e. The van der Waals surface area contributed by atoms with Crippen molar-refractivity contribution < 1.29 is 4.79 Å². The van der Waals surface area contributed by atoms with Gasteiger partial charge in [0.2, 0.25) is 5.91 Å². The van der Waals surface area contributed by atoms with Crippen molar-refractivity contribution in [3.63, 3.8) is 0 Å². The Kier molecular flexibility index (Phi) is 3.37. The number of amides is 1. The molecule has 1 atom stereocenters. The lowest BCUT2D eigenvalue weighted by Crippen LogP contribution is -2.33. The van der Waals surface area contributed by atoms with Crippen molar-refractivity contribution in [1.29, 1.82) is 0 Å². The zero-order valence-corrected chi connectivity index (χ0v) is 11.1. The van der Waals surface area contributed by atoms with E-state index in [2.05, 4.69) is 10.1 Å². The first-order chi connectivity index (χ1) is 9.74. The van der Waals surface area contributed by atoms with Crippen molar-refractivity contribution in [2.75, 3.05) is 12.3 Å². The third-order valence-corrected chi connectivity index (χ3v) is 3.62. The van der Waals surface area contributed by atoms with Gasteiger partial charge in [0.25, 0.3) is 0 Å². The first-order valence-corrected chi connectivity index (χ1v) is 6.72. The van der Waals surface area contributed by atoms with E-state index in [1.165, 1.54) is 0 Å². The lowest BCUT2D eigenvalue weighted by Gasteiger charge is -2.25. The van der Waals surface area contributed by atoms with Crippen LogP contribution in [-0.2, 0) is 11.3 Å². The van der Waals surface area contributed by atoms with Crippen molar-refractivity contribution in [1.82, 2.24) is 19.7 Å². The van der Waals surface area contributed by atoms with Crippen LogP contribution in [0.1, 0.15) is 24.4 Å². The maximum atomic E-state index is 12.4. The molecule has 1 fully saturated rings. The molecule has 1 unspecified atom stereocenters. The number of hydrogen-bond donors (Lipinski definition) is 1. The Hall–Kier alpha value is -2.37. The second kappa shape index (κ2) is 5.32. The maximum Gasteiger partial charge on any atom is 0.244 e. The van der Waals surface area contributed by atoms with Gasteiger partial charge >= 0.3 is 0 Å². The Balaban J connectivity index is 1.73. The molecule has 0 radical (unpaired) electrons. The monoisotopic (exact) mass is 271 g/mol. The fourth-order valence-electron chi connectivity index (χ4n) is 2.69. The summed E-state index contributed by atoms with van der Waals surface area (Å²) in [7, 11) is 0. The summed E-state index contributed by atoms with van der Waals surface area (Å²) in [5, 5.41) is 4.06. The predicted octanol–water partition coefficient (Wildman–Crippen LogP) is 1.22. The second-order valence-corrected chi connectivity index (χ2v) is 4.96. The Labute approximate surface area is 117 Å². The molecular weight excluding hydrogens is 254 g/mol. The summed E-state index contributed by atoms with van der Waals surface area (Å²) >= 11 is 0. The average Bonchev–Trinajstić information content (AvgIpc) is 3.09. The van der Waals surface area contributed by atoms with Gasteiger partial charge in [-0.25, -0.2) is 0 Å². The topological polar surface area (TPSA) is 77.0 Å². The van der Waals surface area contributed by atoms with Gasteiger partial charge in [-0.15, -0.1) is 0 Å². The zero-order valence-electron chi connectivity index (χ0n) is 11.1. The standard InChI is InChI=1S/C14H17N5O/c15-13-5-9-18(17-13)10-14(20)19-8-1-2-12(19)11-3-6-16-7-4-11/h3-7,9,12H,1-2,8,10H2,(H2,15,17). The van der Waals surface area contributed by atoms with Crippen LogP contribution >= 0.6 is 0 Å². The molecule has 1 saturated heterocycles. The number of likely N-dealkylation sites (tertiary alicyclic amines) is 1. The Morgan fingerprint density at radius 3 is 2.85 bits per heavy atom. The van der Waals surface area contributed by atoms with Crippen LogP contribution in [0.4, 0.5) is 5.82 Å². The highest BCUT2D eigenvalue weighted by Gasteiger charge is 2.29. The molecule has 6 heteroatoms. The normalized spacial score (nSPS) is 18.4. The Morgan fingerprint density at radius 2 is 2.15 bits per heavy atom. The fourth-order valence-corrected chi connectivity index (χ4v) is 2.69. The minimum absolute atomic E-state index is 0.0763. The molecule has 0 bridgehead atoms. The van der Waals surface area contributed by atoms with Gasteiger partial charge in [0.1, 0.15) is 12.4 Å². The lowest BCUT2D eigenvalue weighted by molar-refractivity contribution is -0.133. The van der Waals surface area contributed by atoms with E-state index in [1.54, 1.807) is 29.3 Å². The number of carbonyl (C=O) groups excluding carboxylic acids is 1. The largest absolute Gasteiger partial charge is 0.382 e. The minimum atomic E-state index is 0.0763. The number of nitrogens with two attached hydrogens (primary N) is 1.